The number of pyridine rings is 1. The molecule has 1 aromatic carbocycles. The molecule has 0 unspecified atom stereocenters. The number of benzene rings is 1. The Kier molecular flexibility index (Phi) is 7.99. The summed E-state index contributed by atoms with van der Waals surface area (Å²) in [4.78, 5) is 8.41. The number of methoxy groups -OCH3 is 1. The summed E-state index contributed by atoms with van der Waals surface area (Å²) in [6.45, 7) is 1.37. The van der Waals surface area contributed by atoms with Gasteiger partial charge in [0.1, 0.15) is 16.7 Å². The van der Waals surface area contributed by atoms with Gasteiger partial charge in [-0.25, -0.2) is 4.98 Å². The number of hydrogen-bond donors (Lipinski definition) is 2. The summed E-state index contributed by atoms with van der Waals surface area (Å²) in [6.07, 6.45) is 7.64. The molecular weight excluding hydrogens is 388 g/mol. The van der Waals surface area contributed by atoms with Gasteiger partial charge in [-0.2, -0.15) is 0 Å². The van der Waals surface area contributed by atoms with Crippen molar-refractivity contribution in [2.75, 3.05) is 20.7 Å². The van der Waals surface area contributed by atoms with Crippen LogP contribution in [0.5, 0.6) is 11.5 Å². The summed E-state index contributed by atoms with van der Waals surface area (Å²) in [5, 5.41) is 7.20. The van der Waals surface area contributed by atoms with Crippen LogP contribution in [0.3, 0.4) is 0 Å². The zero-order valence-electron chi connectivity index (χ0n) is 17.1. The molecule has 0 spiro atoms. The Morgan fingerprint density at radius 3 is 2.72 bits per heavy atom. The van der Waals surface area contributed by atoms with Crippen LogP contribution < -0.4 is 20.1 Å². The number of guanidine groups is 1. The number of aliphatic imine (C=N–C) groups is 1. The minimum absolute atomic E-state index is 0.297. The monoisotopic (exact) mass is 416 g/mol. The topological polar surface area (TPSA) is 67.8 Å². The molecule has 0 aliphatic heterocycles. The number of nitrogens with one attached hydrogen (secondary N) is 2. The molecule has 1 saturated carbocycles. The molecule has 29 heavy (non-hydrogen) atoms. The zero-order valence-corrected chi connectivity index (χ0v) is 17.8. The fraction of sp³-hybridized carbons (Fsp3) is 0.455. The number of halogens is 1. The van der Waals surface area contributed by atoms with Crippen molar-refractivity contribution >= 4 is 17.6 Å². The van der Waals surface area contributed by atoms with Crippen LogP contribution >= 0.6 is 11.6 Å². The van der Waals surface area contributed by atoms with E-state index in [-0.39, 0.29) is 0 Å². The Balaban J connectivity index is 1.54. The predicted octanol–water partition coefficient (Wildman–Crippen LogP) is 3.97. The Labute approximate surface area is 177 Å². The highest BCUT2D eigenvalue weighted by molar-refractivity contribution is 6.29. The molecule has 1 aliphatic rings. The molecule has 7 heteroatoms. The van der Waals surface area contributed by atoms with E-state index in [4.69, 9.17) is 21.1 Å². The van der Waals surface area contributed by atoms with Gasteiger partial charge < -0.3 is 20.1 Å². The van der Waals surface area contributed by atoms with Crippen molar-refractivity contribution < 1.29 is 9.47 Å². The summed E-state index contributed by atoms with van der Waals surface area (Å²) in [6, 6.07) is 9.76. The van der Waals surface area contributed by atoms with Gasteiger partial charge in [0.15, 0.2) is 5.96 Å². The molecule has 0 bridgehead atoms. The van der Waals surface area contributed by atoms with E-state index in [9.17, 15) is 0 Å². The quantitative estimate of drug-likeness (QED) is 0.387. The molecule has 6 nitrogen and oxygen atoms in total. The molecule has 0 radical (unpaired) electrons. The molecular formula is C22H29ClN4O2. The first-order valence-electron chi connectivity index (χ1n) is 10.1. The zero-order chi connectivity index (χ0) is 20.5. The molecule has 2 N–H and O–H groups in total. The van der Waals surface area contributed by atoms with Gasteiger partial charge in [-0.3, -0.25) is 4.99 Å². The predicted molar refractivity (Wildman–Crippen MR) is 117 cm³/mol. The molecule has 3 rings (SSSR count). The number of hydrogen-bond acceptors (Lipinski definition) is 4. The molecule has 0 atom stereocenters. The van der Waals surface area contributed by atoms with Gasteiger partial charge in [-0.15, -0.1) is 0 Å². The van der Waals surface area contributed by atoms with Gasteiger partial charge in [0.25, 0.3) is 0 Å². The van der Waals surface area contributed by atoms with Crippen LogP contribution in [-0.4, -0.2) is 37.7 Å². The van der Waals surface area contributed by atoms with E-state index in [1.165, 1.54) is 12.8 Å². The Morgan fingerprint density at radius 2 is 2.03 bits per heavy atom. The second kappa shape index (κ2) is 10.9. The lowest BCUT2D eigenvalue weighted by molar-refractivity contribution is 0.207. The summed E-state index contributed by atoms with van der Waals surface area (Å²) >= 11 is 5.83. The van der Waals surface area contributed by atoms with Gasteiger partial charge in [0.05, 0.1) is 13.2 Å². The average Bonchev–Trinajstić information content (AvgIpc) is 3.25. The van der Waals surface area contributed by atoms with E-state index < -0.39 is 0 Å². The van der Waals surface area contributed by atoms with Gasteiger partial charge >= 0.3 is 0 Å². The van der Waals surface area contributed by atoms with Crippen molar-refractivity contribution in [3.8, 4) is 11.5 Å². The lowest BCUT2D eigenvalue weighted by Crippen LogP contribution is -2.38. The first-order chi connectivity index (χ1) is 14.2. The second-order valence-electron chi connectivity index (χ2n) is 7.09. The minimum Gasteiger partial charge on any atom is -0.497 e. The third kappa shape index (κ3) is 6.53. The molecule has 0 amide bonds. The Morgan fingerprint density at radius 1 is 1.21 bits per heavy atom. The maximum absolute atomic E-state index is 6.27. The van der Waals surface area contributed by atoms with Crippen LogP contribution in [0, 0.1) is 0 Å². The number of ether oxygens (including phenoxy) is 2. The summed E-state index contributed by atoms with van der Waals surface area (Å²) in [5.41, 5.74) is 2.21. The van der Waals surface area contributed by atoms with Crippen LogP contribution in [0.1, 0.15) is 36.8 Å². The fourth-order valence-electron chi connectivity index (χ4n) is 3.38. The number of nitrogens with zero attached hydrogens (tertiary/aromatic N) is 2. The first-order valence-corrected chi connectivity index (χ1v) is 10.4. The van der Waals surface area contributed by atoms with Crippen molar-refractivity contribution in [2.24, 2.45) is 4.99 Å². The summed E-state index contributed by atoms with van der Waals surface area (Å²) in [7, 11) is 3.44. The van der Waals surface area contributed by atoms with E-state index in [0.29, 0.717) is 17.8 Å². The van der Waals surface area contributed by atoms with E-state index in [1.807, 2.05) is 24.3 Å². The molecule has 1 heterocycles. The fourth-order valence-corrected chi connectivity index (χ4v) is 3.49. The SMILES string of the molecule is CN=C(NCCc1ccc(Cl)nc1)NCc1ccc(OC)cc1OC1CCCC1. The van der Waals surface area contributed by atoms with Crippen LogP contribution in [0.4, 0.5) is 0 Å². The molecule has 0 saturated heterocycles. The summed E-state index contributed by atoms with van der Waals surface area (Å²) < 4.78 is 11.6. The third-order valence-corrected chi connectivity index (χ3v) is 5.26. The highest BCUT2D eigenvalue weighted by atomic mass is 35.5. The Bertz CT molecular complexity index is 805. The molecule has 156 valence electrons. The normalized spacial score (nSPS) is 14.7. The highest BCUT2D eigenvalue weighted by Crippen LogP contribution is 2.29. The smallest absolute Gasteiger partial charge is 0.191 e. The highest BCUT2D eigenvalue weighted by Gasteiger charge is 2.18. The maximum atomic E-state index is 6.27. The van der Waals surface area contributed by atoms with E-state index >= 15 is 0 Å². The van der Waals surface area contributed by atoms with E-state index in [0.717, 1.165) is 54.4 Å². The van der Waals surface area contributed by atoms with Crippen molar-refractivity contribution in [1.82, 2.24) is 15.6 Å². The van der Waals surface area contributed by atoms with Crippen LogP contribution in [-0.2, 0) is 13.0 Å². The maximum Gasteiger partial charge on any atom is 0.191 e. The van der Waals surface area contributed by atoms with E-state index in [1.54, 1.807) is 26.4 Å². The Hall–Kier alpha value is -2.47. The van der Waals surface area contributed by atoms with Crippen LogP contribution in [0.2, 0.25) is 5.15 Å². The largest absolute Gasteiger partial charge is 0.497 e. The lowest BCUT2D eigenvalue weighted by Gasteiger charge is -2.19. The van der Waals surface area contributed by atoms with Gasteiger partial charge in [-0.1, -0.05) is 17.7 Å². The van der Waals surface area contributed by atoms with Crippen molar-refractivity contribution in [2.45, 2.75) is 44.8 Å². The third-order valence-electron chi connectivity index (χ3n) is 5.03. The van der Waals surface area contributed by atoms with Gasteiger partial charge in [-0.05, 0) is 55.9 Å². The van der Waals surface area contributed by atoms with Crippen LogP contribution in [0.15, 0.2) is 41.5 Å². The average molecular weight is 417 g/mol. The van der Waals surface area contributed by atoms with Crippen molar-refractivity contribution in [3.05, 3.63) is 52.8 Å². The molecule has 1 aliphatic carbocycles. The first kappa shape index (κ1) is 21.2. The molecule has 1 fully saturated rings. The van der Waals surface area contributed by atoms with Gasteiger partial charge in [0.2, 0.25) is 0 Å². The standard InChI is InChI=1S/C22H29ClN4O2/c1-24-22(25-12-11-16-7-10-21(23)26-14-16)27-15-17-8-9-19(28-2)13-20(17)29-18-5-3-4-6-18/h7-10,13-14,18H,3-6,11-12,15H2,1-2H3,(H2,24,25,27). The van der Waals surface area contributed by atoms with Crippen LogP contribution in [0.25, 0.3) is 0 Å². The van der Waals surface area contributed by atoms with Crippen molar-refractivity contribution in [1.29, 1.82) is 0 Å². The second-order valence-corrected chi connectivity index (χ2v) is 7.48. The number of aromatic nitrogens is 1. The van der Waals surface area contributed by atoms with Crippen molar-refractivity contribution in [3.63, 3.8) is 0 Å². The number of rotatable bonds is 8. The van der Waals surface area contributed by atoms with Gasteiger partial charge in [0, 0.05) is 38.0 Å². The lowest BCUT2D eigenvalue weighted by atomic mass is 10.1. The molecule has 1 aromatic heterocycles. The minimum atomic E-state index is 0.297. The molecule has 2 aromatic rings. The van der Waals surface area contributed by atoms with E-state index in [2.05, 4.69) is 20.6 Å². The summed E-state index contributed by atoms with van der Waals surface area (Å²) in [5.74, 6) is 2.43.